The van der Waals surface area contributed by atoms with Crippen molar-refractivity contribution in [2.75, 3.05) is 18.4 Å². The van der Waals surface area contributed by atoms with Crippen LogP contribution in [0.25, 0.3) is 31.8 Å². The van der Waals surface area contributed by atoms with Crippen LogP contribution in [0.15, 0.2) is 60.8 Å². The van der Waals surface area contributed by atoms with Gasteiger partial charge < -0.3 is 15.3 Å². The highest BCUT2D eigenvalue weighted by Gasteiger charge is 2.45. The normalized spacial score (nSPS) is 15.1. The summed E-state index contributed by atoms with van der Waals surface area (Å²) in [5, 5.41) is 16.7. The Morgan fingerprint density at radius 1 is 1.12 bits per heavy atom. The van der Waals surface area contributed by atoms with E-state index in [2.05, 4.69) is 33.8 Å². The fourth-order valence-electron chi connectivity index (χ4n) is 3.99. The van der Waals surface area contributed by atoms with Crippen molar-refractivity contribution in [2.45, 2.75) is 19.4 Å². The number of amides is 3. The highest BCUT2D eigenvalue weighted by Crippen LogP contribution is 2.38. The minimum Gasteiger partial charge on any atom is -0.508 e. The lowest BCUT2D eigenvalue weighted by Gasteiger charge is -2.27. The summed E-state index contributed by atoms with van der Waals surface area (Å²) < 4.78 is 1.15. The number of benzene rings is 2. The van der Waals surface area contributed by atoms with Crippen LogP contribution in [0.2, 0.25) is 0 Å². The van der Waals surface area contributed by atoms with E-state index in [1.807, 2.05) is 18.2 Å². The molecular formula is C25H23N5O3S. The second-order valence-corrected chi connectivity index (χ2v) is 9.64. The van der Waals surface area contributed by atoms with Gasteiger partial charge in [-0.1, -0.05) is 30.3 Å². The Bertz CT molecular complexity index is 1380. The molecule has 9 heteroatoms. The molecule has 1 fully saturated rings. The van der Waals surface area contributed by atoms with Crippen molar-refractivity contribution in [1.82, 2.24) is 20.2 Å². The van der Waals surface area contributed by atoms with Crippen LogP contribution in [0.4, 0.5) is 10.7 Å². The number of nitrogens with zero attached hydrogens (tertiary/aromatic N) is 3. The molecule has 4 aromatic rings. The predicted molar refractivity (Wildman–Crippen MR) is 133 cm³/mol. The molecule has 34 heavy (non-hydrogen) atoms. The largest absolute Gasteiger partial charge is 0.508 e. The second kappa shape index (κ2) is 8.42. The first-order chi connectivity index (χ1) is 16.3. The summed E-state index contributed by atoms with van der Waals surface area (Å²) in [7, 11) is 0. The van der Waals surface area contributed by atoms with Gasteiger partial charge in [-0.25, -0.2) is 14.8 Å². The maximum absolute atomic E-state index is 12.1. The van der Waals surface area contributed by atoms with E-state index in [0.717, 1.165) is 31.8 Å². The fraction of sp³-hybridized carbons (Fsp3) is 0.200. The molecule has 3 amide bonds. The number of carbonyl (C=O) groups is 2. The molecule has 2 aromatic carbocycles. The van der Waals surface area contributed by atoms with E-state index in [9.17, 15) is 14.7 Å². The molecule has 172 valence electrons. The van der Waals surface area contributed by atoms with E-state index in [4.69, 9.17) is 4.98 Å². The number of thiophene rings is 1. The maximum atomic E-state index is 12.1. The Hall–Kier alpha value is -3.98. The summed E-state index contributed by atoms with van der Waals surface area (Å²) in [6.45, 7) is 4.13. The molecule has 1 aliphatic heterocycles. The zero-order chi connectivity index (χ0) is 23.9. The molecule has 1 aliphatic rings. The van der Waals surface area contributed by atoms with Gasteiger partial charge in [0.2, 0.25) is 5.95 Å². The van der Waals surface area contributed by atoms with Crippen LogP contribution in [0.5, 0.6) is 5.75 Å². The summed E-state index contributed by atoms with van der Waals surface area (Å²) in [5.74, 6) is 0.277. The number of hydrogen-bond donors (Lipinski definition) is 3. The zero-order valence-corrected chi connectivity index (χ0v) is 19.5. The molecule has 0 atom stereocenters. The lowest BCUT2D eigenvalue weighted by Crippen LogP contribution is -2.46. The third kappa shape index (κ3) is 3.94. The number of phenols is 1. The van der Waals surface area contributed by atoms with E-state index in [1.165, 1.54) is 4.90 Å². The van der Waals surface area contributed by atoms with Gasteiger partial charge in [-0.2, -0.15) is 0 Å². The molecule has 3 N–H and O–H groups in total. The van der Waals surface area contributed by atoms with E-state index in [1.54, 1.807) is 49.6 Å². The first kappa shape index (κ1) is 21.8. The number of hydrogen-bond acceptors (Lipinski definition) is 7. The highest BCUT2D eigenvalue weighted by molar-refractivity contribution is 7.22. The van der Waals surface area contributed by atoms with Gasteiger partial charge in [-0.05, 0) is 49.1 Å². The lowest BCUT2D eigenvalue weighted by atomic mass is 10.0. The molecule has 0 aliphatic carbocycles. The zero-order valence-electron chi connectivity index (χ0n) is 18.7. The van der Waals surface area contributed by atoms with Crippen molar-refractivity contribution < 1.29 is 14.7 Å². The Morgan fingerprint density at radius 2 is 1.94 bits per heavy atom. The van der Waals surface area contributed by atoms with E-state index < -0.39 is 11.6 Å². The standard InChI is InChI=1S/C25H23N5O3S/c1-25(2)22(32)29-24(33)30(25)11-10-26-23-27-14-18(15-7-5-8-17(31)12-15)21(28-23)20-13-16-6-3-4-9-19(16)34-20/h3-9,12-14,31H,10-11H2,1-2H3,(H,26,27,28)(H,29,32,33). The van der Waals surface area contributed by atoms with Gasteiger partial charge in [0.05, 0.1) is 10.6 Å². The molecule has 2 aromatic heterocycles. The third-order valence-corrected chi connectivity index (χ3v) is 7.04. The Balaban J connectivity index is 1.46. The topological polar surface area (TPSA) is 107 Å². The fourth-order valence-corrected chi connectivity index (χ4v) is 5.06. The highest BCUT2D eigenvalue weighted by atomic mass is 32.1. The summed E-state index contributed by atoms with van der Waals surface area (Å²) >= 11 is 1.64. The van der Waals surface area contributed by atoms with Crippen LogP contribution >= 0.6 is 11.3 Å². The van der Waals surface area contributed by atoms with Crippen LogP contribution in [0.3, 0.4) is 0 Å². The Kier molecular flexibility index (Phi) is 5.41. The van der Waals surface area contributed by atoms with Crippen molar-refractivity contribution in [1.29, 1.82) is 0 Å². The first-order valence-corrected chi connectivity index (χ1v) is 11.7. The molecule has 5 rings (SSSR count). The van der Waals surface area contributed by atoms with Gasteiger partial charge in [0.25, 0.3) is 5.91 Å². The predicted octanol–water partition coefficient (Wildman–Crippen LogP) is 4.47. The summed E-state index contributed by atoms with van der Waals surface area (Å²) in [5.41, 5.74) is 1.46. The minimum absolute atomic E-state index is 0.169. The van der Waals surface area contributed by atoms with Crippen molar-refractivity contribution in [2.24, 2.45) is 0 Å². The van der Waals surface area contributed by atoms with Crippen LogP contribution < -0.4 is 10.6 Å². The number of phenolic OH excluding ortho intramolecular Hbond substituents is 1. The summed E-state index contributed by atoms with van der Waals surface area (Å²) in [6, 6.07) is 16.9. The number of urea groups is 1. The van der Waals surface area contributed by atoms with Crippen molar-refractivity contribution >= 4 is 39.3 Å². The number of aromatic hydroxyl groups is 1. The number of imide groups is 1. The van der Waals surface area contributed by atoms with Crippen LogP contribution in [-0.4, -0.2) is 50.5 Å². The van der Waals surface area contributed by atoms with Crippen LogP contribution in [0, 0.1) is 0 Å². The van der Waals surface area contributed by atoms with Gasteiger partial charge >= 0.3 is 6.03 Å². The molecule has 3 heterocycles. The van der Waals surface area contributed by atoms with Crippen LogP contribution in [0.1, 0.15) is 13.8 Å². The van der Waals surface area contributed by atoms with Gasteiger partial charge in [0.1, 0.15) is 11.3 Å². The minimum atomic E-state index is -0.902. The molecule has 0 radical (unpaired) electrons. The number of nitrogens with one attached hydrogen (secondary N) is 2. The second-order valence-electron chi connectivity index (χ2n) is 8.55. The van der Waals surface area contributed by atoms with Crippen LogP contribution in [-0.2, 0) is 4.79 Å². The smallest absolute Gasteiger partial charge is 0.325 e. The Morgan fingerprint density at radius 3 is 2.68 bits per heavy atom. The molecule has 0 spiro atoms. The van der Waals surface area contributed by atoms with Crippen molar-refractivity contribution in [3.63, 3.8) is 0 Å². The maximum Gasteiger partial charge on any atom is 0.325 e. The number of aromatic nitrogens is 2. The van der Waals surface area contributed by atoms with E-state index >= 15 is 0 Å². The summed E-state index contributed by atoms with van der Waals surface area (Å²) in [6.07, 6.45) is 1.74. The quantitative estimate of drug-likeness (QED) is 0.357. The van der Waals surface area contributed by atoms with Gasteiger partial charge in [0.15, 0.2) is 0 Å². The van der Waals surface area contributed by atoms with Crippen molar-refractivity contribution in [3.8, 4) is 27.4 Å². The molecular weight excluding hydrogens is 450 g/mol. The molecule has 8 nitrogen and oxygen atoms in total. The molecule has 0 bridgehead atoms. The van der Waals surface area contributed by atoms with Gasteiger partial charge in [-0.3, -0.25) is 10.1 Å². The summed E-state index contributed by atoms with van der Waals surface area (Å²) in [4.78, 5) is 35.8. The molecule has 0 unspecified atom stereocenters. The number of rotatable bonds is 6. The monoisotopic (exact) mass is 473 g/mol. The van der Waals surface area contributed by atoms with Gasteiger partial charge in [-0.15, -0.1) is 11.3 Å². The molecule has 0 saturated carbocycles. The number of anilines is 1. The number of carbonyl (C=O) groups excluding carboxylic acids is 2. The van der Waals surface area contributed by atoms with E-state index in [-0.39, 0.29) is 11.7 Å². The lowest BCUT2D eigenvalue weighted by molar-refractivity contribution is -0.125. The Labute approximate surface area is 200 Å². The van der Waals surface area contributed by atoms with Gasteiger partial charge in [0, 0.05) is 29.5 Å². The SMILES string of the molecule is CC1(C)C(=O)NC(=O)N1CCNc1ncc(-c2cccc(O)c2)c(-c2cc3ccccc3s2)n1. The average molecular weight is 474 g/mol. The molecule has 1 saturated heterocycles. The number of fused-ring (bicyclic) bond motifs is 1. The van der Waals surface area contributed by atoms with Crippen molar-refractivity contribution in [3.05, 3.63) is 60.8 Å². The van der Waals surface area contributed by atoms with E-state index in [0.29, 0.717) is 19.0 Å². The first-order valence-electron chi connectivity index (χ1n) is 10.9. The third-order valence-electron chi connectivity index (χ3n) is 5.92. The average Bonchev–Trinajstić information content (AvgIpc) is 3.33.